The van der Waals surface area contributed by atoms with E-state index in [2.05, 4.69) is 20.7 Å². The average molecular weight is 254 g/mol. The molecule has 0 saturated heterocycles. The van der Waals surface area contributed by atoms with E-state index in [4.69, 9.17) is 5.11 Å². The Morgan fingerprint density at radius 1 is 1.62 bits per heavy atom. The van der Waals surface area contributed by atoms with Gasteiger partial charge in [-0.3, -0.25) is 4.79 Å². The van der Waals surface area contributed by atoms with Crippen molar-refractivity contribution in [2.75, 3.05) is 27.2 Å². The zero-order valence-corrected chi connectivity index (χ0v) is 9.74. The number of alkyl halides is 1. The van der Waals surface area contributed by atoms with Crippen molar-refractivity contribution in [3.63, 3.8) is 0 Å². The molecule has 0 radical (unpaired) electrons. The standard InChI is InChI=1S/C8H16BrNO3/c1-6(11)4-10(2)5-7(9)8(12)13-3/h6-7,11H,4-5H2,1-3H3. The van der Waals surface area contributed by atoms with Gasteiger partial charge in [-0.05, 0) is 14.0 Å². The fourth-order valence-corrected chi connectivity index (χ4v) is 1.68. The van der Waals surface area contributed by atoms with E-state index < -0.39 is 0 Å². The number of carbonyl (C=O) groups is 1. The maximum absolute atomic E-state index is 11.0. The second kappa shape index (κ2) is 6.34. The monoisotopic (exact) mass is 253 g/mol. The third-order valence-corrected chi connectivity index (χ3v) is 2.17. The van der Waals surface area contributed by atoms with Crippen molar-refractivity contribution < 1.29 is 14.6 Å². The maximum atomic E-state index is 11.0. The summed E-state index contributed by atoms with van der Waals surface area (Å²) in [5, 5.41) is 9.06. The minimum Gasteiger partial charge on any atom is -0.468 e. The normalized spacial score (nSPS) is 15.5. The molecule has 0 aliphatic rings. The number of likely N-dealkylation sites (N-methyl/N-ethyl adjacent to an activating group) is 1. The van der Waals surface area contributed by atoms with E-state index >= 15 is 0 Å². The second-order valence-electron chi connectivity index (χ2n) is 3.06. The number of carbonyl (C=O) groups excluding carboxylic acids is 1. The molecule has 0 aliphatic heterocycles. The molecular weight excluding hydrogens is 238 g/mol. The molecule has 0 heterocycles. The number of rotatable bonds is 5. The molecule has 2 unspecified atom stereocenters. The summed E-state index contributed by atoms with van der Waals surface area (Å²) < 4.78 is 4.54. The predicted octanol–water partition coefficient (Wildman–Crippen LogP) is 0.235. The van der Waals surface area contributed by atoms with Gasteiger partial charge in [-0.1, -0.05) is 15.9 Å². The first-order chi connectivity index (χ1) is 5.97. The van der Waals surface area contributed by atoms with E-state index in [9.17, 15) is 4.79 Å². The predicted molar refractivity (Wildman–Crippen MR) is 53.9 cm³/mol. The van der Waals surface area contributed by atoms with Crippen LogP contribution in [0.5, 0.6) is 0 Å². The molecule has 5 heteroatoms. The van der Waals surface area contributed by atoms with Crippen molar-refractivity contribution in [1.82, 2.24) is 4.90 Å². The van der Waals surface area contributed by atoms with Crippen LogP contribution in [0, 0.1) is 0 Å². The van der Waals surface area contributed by atoms with Gasteiger partial charge in [-0.15, -0.1) is 0 Å². The summed E-state index contributed by atoms with van der Waals surface area (Å²) >= 11 is 3.20. The highest BCUT2D eigenvalue weighted by Crippen LogP contribution is 2.04. The topological polar surface area (TPSA) is 49.8 Å². The molecule has 0 saturated carbocycles. The van der Waals surface area contributed by atoms with Crippen LogP contribution in [0.15, 0.2) is 0 Å². The summed E-state index contributed by atoms with van der Waals surface area (Å²) in [6.45, 7) is 2.77. The quantitative estimate of drug-likeness (QED) is 0.564. The largest absolute Gasteiger partial charge is 0.468 e. The van der Waals surface area contributed by atoms with Gasteiger partial charge in [-0.2, -0.15) is 0 Å². The van der Waals surface area contributed by atoms with E-state index in [0.29, 0.717) is 13.1 Å². The third-order valence-electron chi connectivity index (χ3n) is 1.50. The number of hydrogen-bond acceptors (Lipinski definition) is 4. The summed E-state index contributed by atoms with van der Waals surface area (Å²) in [5.74, 6) is -0.294. The summed E-state index contributed by atoms with van der Waals surface area (Å²) in [6, 6.07) is 0. The Kier molecular flexibility index (Phi) is 6.28. The van der Waals surface area contributed by atoms with Gasteiger partial charge in [-0.25, -0.2) is 0 Å². The van der Waals surface area contributed by atoms with Gasteiger partial charge >= 0.3 is 5.97 Å². The van der Waals surface area contributed by atoms with Gasteiger partial charge < -0.3 is 14.7 Å². The molecule has 0 aromatic heterocycles. The zero-order chi connectivity index (χ0) is 10.4. The van der Waals surface area contributed by atoms with E-state index in [1.165, 1.54) is 7.11 Å². The Labute approximate surface area is 87.0 Å². The Morgan fingerprint density at radius 3 is 2.54 bits per heavy atom. The smallest absolute Gasteiger partial charge is 0.320 e. The van der Waals surface area contributed by atoms with Gasteiger partial charge in [0, 0.05) is 13.1 Å². The molecule has 2 atom stereocenters. The molecule has 0 aromatic carbocycles. The first-order valence-electron chi connectivity index (χ1n) is 4.06. The number of ether oxygens (including phenoxy) is 1. The minimum absolute atomic E-state index is 0.294. The first kappa shape index (κ1) is 12.9. The number of esters is 1. The minimum atomic E-state index is -0.387. The number of aliphatic hydroxyl groups excluding tert-OH is 1. The molecule has 0 aromatic rings. The van der Waals surface area contributed by atoms with Gasteiger partial charge in [0.25, 0.3) is 0 Å². The maximum Gasteiger partial charge on any atom is 0.320 e. The third kappa shape index (κ3) is 6.01. The molecule has 0 spiro atoms. The van der Waals surface area contributed by atoms with Crippen LogP contribution in [-0.4, -0.2) is 54.2 Å². The molecule has 4 nitrogen and oxygen atoms in total. The SMILES string of the molecule is COC(=O)C(Br)CN(C)CC(C)O. The molecule has 0 rings (SSSR count). The molecular formula is C8H16BrNO3. The Bertz CT molecular complexity index is 163. The number of methoxy groups -OCH3 is 1. The van der Waals surface area contributed by atoms with Crippen molar-refractivity contribution in [3.05, 3.63) is 0 Å². The number of hydrogen-bond donors (Lipinski definition) is 1. The average Bonchev–Trinajstić information content (AvgIpc) is 2.01. The van der Waals surface area contributed by atoms with Crippen molar-refractivity contribution >= 4 is 21.9 Å². The summed E-state index contributed by atoms with van der Waals surface area (Å²) in [4.78, 5) is 12.5. The molecule has 1 N–H and O–H groups in total. The molecule has 0 fully saturated rings. The highest BCUT2D eigenvalue weighted by molar-refractivity contribution is 9.10. The molecule has 78 valence electrons. The Morgan fingerprint density at radius 2 is 2.15 bits per heavy atom. The van der Waals surface area contributed by atoms with Crippen molar-refractivity contribution in [2.45, 2.75) is 17.9 Å². The lowest BCUT2D eigenvalue weighted by Gasteiger charge is -2.20. The lowest BCUT2D eigenvalue weighted by Crippen LogP contribution is -2.35. The summed E-state index contributed by atoms with van der Waals surface area (Å²) in [7, 11) is 3.19. The summed E-state index contributed by atoms with van der Waals surface area (Å²) in [6.07, 6.45) is -0.387. The van der Waals surface area contributed by atoms with Crippen LogP contribution in [0.3, 0.4) is 0 Å². The van der Waals surface area contributed by atoms with E-state index in [0.717, 1.165) is 0 Å². The van der Waals surface area contributed by atoms with Crippen LogP contribution in [0.25, 0.3) is 0 Å². The van der Waals surface area contributed by atoms with Gasteiger partial charge in [0.15, 0.2) is 0 Å². The van der Waals surface area contributed by atoms with Crippen LogP contribution in [-0.2, 0) is 9.53 Å². The number of aliphatic hydroxyl groups is 1. The summed E-state index contributed by atoms with van der Waals surface area (Å²) in [5.41, 5.74) is 0. The first-order valence-corrected chi connectivity index (χ1v) is 4.97. The highest BCUT2D eigenvalue weighted by atomic mass is 79.9. The fourth-order valence-electron chi connectivity index (χ4n) is 1.00. The molecule has 13 heavy (non-hydrogen) atoms. The highest BCUT2D eigenvalue weighted by Gasteiger charge is 2.17. The lowest BCUT2D eigenvalue weighted by molar-refractivity contribution is -0.140. The van der Waals surface area contributed by atoms with Gasteiger partial charge in [0.2, 0.25) is 0 Å². The fraction of sp³-hybridized carbons (Fsp3) is 0.875. The van der Waals surface area contributed by atoms with Crippen LogP contribution in [0.1, 0.15) is 6.92 Å². The van der Waals surface area contributed by atoms with Crippen molar-refractivity contribution in [2.24, 2.45) is 0 Å². The van der Waals surface area contributed by atoms with Crippen LogP contribution >= 0.6 is 15.9 Å². The van der Waals surface area contributed by atoms with Crippen LogP contribution < -0.4 is 0 Å². The second-order valence-corrected chi connectivity index (χ2v) is 4.17. The van der Waals surface area contributed by atoms with Gasteiger partial charge in [0.05, 0.1) is 13.2 Å². The number of halogens is 1. The van der Waals surface area contributed by atoms with E-state index in [-0.39, 0.29) is 16.9 Å². The van der Waals surface area contributed by atoms with Crippen LogP contribution in [0.4, 0.5) is 0 Å². The van der Waals surface area contributed by atoms with E-state index in [1.54, 1.807) is 6.92 Å². The van der Waals surface area contributed by atoms with Crippen molar-refractivity contribution in [1.29, 1.82) is 0 Å². The van der Waals surface area contributed by atoms with Crippen molar-refractivity contribution in [3.8, 4) is 0 Å². The Hall–Kier alpha value is -0.130. The lowest BCUT2D eigenvalue weighted by atomic mass is 10.3. The molecule has 0 bridgehead atoms. The van der Waals surface area contributed by atoms with Gasteiger partial charge in [0.1, 0.15) is 4.83 Å². The Balaban J connectivity index is 3.77. The molecule has 0 amide bonds. The molecule has 0 aliphatic carbocycles. The van der Waals surface area contributed by atoms with Crippen LogP contribution in [0.2, 0.25) is 0 Å². The zero-order valence-electron chi connectivity index (χ0n) is 8.16. The van der Waals surface area contributed by atoms with E-state index in [1.807, 2.05) is 11.9 Å². The number of nitrogens with zero attached hydrogens (tertiary/aromatic N) is 1.